The maximum absolute atomic E-state index is 9.05. The summed E-state index contributed by atoms with van der Waals surface area (Å²) in [7, 11) is 0. The van der Waals surface area contributed by atoms with E-state index in [-0.39, 0.29) is 6.61 Å². The number of nitrogens with zero attached hydrogens (tertiary/aromatic N) is 1. The normalized spacial score (nSPS) is 20.1. The molecule has 0 amide bonds. The maximum atomic E-state index is 9.05. The van der Waals surface area contributed by atoms with Crippen molar-refractivity contribution in [1.29, 1.82) is 0 Å². The zero-order chi connectivity index (χ0) is 13.2. The van der Waals surface area contributed by atoms with Crippen molar-refractivity contribution in [3.63, 3.8) is 0 Å². The van der Waals surface area contributed by atoms with Crippen LogP contribution in [0.5, 0.6) is 0 Å². The summed E-state index contributed by atoms with van der Waals surface area (Å²) in [4.78, 5) is 2.46. The molecule has 18 heavy (non-hydrogen) atoms. The molecule has 2 rings (SSSR count). The lowest BCUT2D eigenvalue weighted by Crippen LogP contribution is -2.51. The Hall–Kier alpha value is -0.900. The molecular formula is C15H26N2O. The van der Waals surface area contributed by atoms with Crippen LogP contribution < -0.4 is 5.32 Å². The number of aliphatic hydroxyl groups excluding tert-OH is 1. The monoisotopic (exact) mass is 250 g/mol. The highest BCUT2D eigenvalue weighted by atomic mass is 16.3. The van der Waals surface area contributed by atoms with E-state index >= 15 is 0 Å². The molecule has 0 aromatic heterocycles. The van der Waals surface area contributed by atoms with E-state index in [1.165, 1.54) is 5.56 Å². The quantitative estimate of drug-likeness (QED) is 0.856. The molecule has 0 bridgehead atoms. The largest absolute Gasteiger partial charge is 0.396 e. The van der Waals surface area contributed by atoms with Crippen molar-refractivity contribution in [2.45, 2.75) is 32.9 Å². The molecule has 1 unspecified atom stereocenters. The van der Waals surface area contributed by atoms with Crippen LogP contribution in [0.25, 0.3) is 0 Å². The predicted molar refractivity (Wildman–Crippen MR) is 76.6 cm³/mol. The first kappa shape index (κ1) is 15.2. The highest BCUT2D eigenvalue weighted by molar-refractivity contribution is 5.14. The van der Waals surface area contributed by atoms with Gasteiger partial charge in [-0.3, -0.25) is 4.90 Å². The lowest BCUT2D eigenvalue weighted by atomic mass is 10.1. The summed E-state index contributed by atoms with van der Waals surface area (Å²) in [5, 5.41) is 12.4. The molecule has 1 saturated heterocycles. The number of nitrogens with one attached hydrogen (secondary N) is 1. The molecule has 0 spiro atoms. The van der Waals surface area contributed by atoms with E-state index in [2.05, 4.69) is 34.5 Å². The van der Waals surface area contributed by atoms with Crippen LogP contribution in [0, 0.1) is 0 Å². The fourth-order valence-electron chi connectivity index (χ4n) is 2.26. The van der Waals surface area contributed by atoms with Gasteiger partial charge in [-0.2, -0.15) is 0 Å². The Labute approximate surface area is 111 Å². The third-order valence-corrected chi connectivity index (χ3v) is 3.16. The Morgan fingerprint density at radius 1 is 1.28 bits per heavy atom. The van der Waals surface area contributed by atoms with Crippen LogP contribution in [0.15, 0.2) is 30.3 Å². The van der Waals surface area contributed by atoms with Crippen molar-refractivity contribution in [2.24, 2.45) is 0 Å². The molecule has 1 fully saturated rings. The van der Waals surface area contributed by atoms with Gasteiger partial charge in [-0.1, -0.05) is 44.2 Å². The van der Waals surface area contributed by atoms with E-state index in [0.717, 1.165) is 32.6 Å². The summed E-state index contributed by atoms with van der Waals surface area (Å²) >= 11 is 0. The highest BCUT2D eigenvalue weighted by Crippen LogP contribution is 2.12. The second kappa shape index (κ2) is 9.09. The molecule has 1 aliphatic rings. The van der Waals surface area contributed by atoms with Crippen LogP contribution in [-0.4, -0.2) is 42.3 Å². The molecule has 3 nitrogen and oxygen atoms in total. The molecule has 1 atom stereocenters. The number of piperazine rings is 1. The second-order valence-electron chi connectivity index (χ2n) is 4.33. The Morgan fingerprint density at radius 3 is 2.67 bits per heavy atom. The van der Waals surface area contributed by atoms with Crippen molar-refractivity contribution in [3.8, 4) is 0 Å². The smallest absolute Gasteiger partial charge is 0.0446 e. The lowest BCUT2D eigenvalue weighted by Gasteiger charge is -2.36. The van der Waals surface area contributed by atoms with Crippen LogP contribution in [0.3, 0.4) is 0 Å². The highest BCUT2D eigenvalue weighted by Gasteiger charge is 2.21. The number of hydrogen-bond donors (Lipinski definition) is 2. The van der Waals surface area contributed by atoms with Gasteiger partial charge in [-0.05, 0) is 12.0 Å². The summed E-state index contributed by atoms with van der Waals surface area (Å²) in [6.45, 7) is 8.38. The van der Waals surface area contributed by atoms with Gasteiger partial charge in [0.1, 0.15) is 0 Å². The van der Waals surface area contributed by atoms with E-state index in [9.17, 15) is 0 Å². The summed E-state index contributed by atoms with van der Waals surface area (Å²) in [6.07, 6.45) is 0.861. The first-order valence-corrected chi connectivity index (χ1v) is 6.99. The molecule has 1 aliphatic heterocycles. The standard InChI is InChI=1S/C13H20N2O.C2H6/c16-9-6-13-10-14-7-8-15(13)11-12-4-2-1-3-5-12;1-2/h1-5,13-14,16H,6-11H2;1-2H3. The van der Waals surface area contributed by atoms with Gasteiger partial charge >= 0.3 is 0 Å². The van der Waals surface area contributed by atoms with Gasteiger partial charge in [-0.25, -0.2) is 0 Å². The second-order valence-corrected chi connectivity index (χ2v) is 4.33. The first-order valence-electron chi connectivity index (χ1n) is 6.99. The number of benzene rings is 1. The molecule has 1 aromatic carbocycles. The molecule has 0 radical (unpaired) electrons. The van der Waals surface area contributed by atoms with Gasteiger partial charge in [-0.15, -0.1) is 0 Å². The zero-order valence-corrected chi connectivity index (χ0v) is 11.6. The van der Waals surface area contributed by atoms with Crippen LogP contribution in [-0.2, 0) is 6.54 Å². The average Bonchev–Trinajstić information content (AvgIpc) is 2.45. The molecule has 102 valence electrons. The van der Waals surface area contributed by atoms with Gasteiger partial charge in [0.15, 0.2) is 0 Å². The molecule has 0 aliphatic carbocycles. The zero-order valence-electron chi connectivity index (χ0n) is 11.6. The summed E-state index contributed by atoms with van der Waals surface area (Å²) < 4.78 is 0. The topological polar surface area (TPSA) is 35.5 Å². The minimum atomic E-state index is 0.275. The van der Waals surface area contributed by atoms with Gasteiger partial charge in [0.25, 0.3) is 0 Å². The van der Waals surface area contributed by atoms with Crippen molar-refractivity contribution < 1.29 is 5.11 Å². The van der Waals surface area contributed by atoms with Crippen molar-refractivity contribution >= 4 is 0 Å². The van der Waals surface area contributed by atoms with Crippen LogP contribution in [0.2, 0.25) is 0 Å². The van der Waals surface area contributed by atoms with E-state index in [0.29, 0.717) is 6.04 Å². The van der Waals surface area contributed by atoms with Crippen LogP contribution >= 0.6 is 0 Å². The van der Waals surface area contributed by atoms with E-state index in [4.69, 9.17) is 5.11 Å². The Bertz CT molecular complexity index is 301. The molecule has 0 saturated carbocycles. The van der Waals surface area contributed by atoms with E-state index in [1.807, 2.05) is 19.9 Å². The van der Waals surface area contributed by atoms with Crippen molar-refractivity contribution in [3.05, 3.63) is 35.9 Å². The first-order chi connectivity index (χ1) is 8.90. The van der Waals surface area contributed by atoms with Gasteiger partial charge in [0, 0.05) is 38.8 Å². The van der Waals surface area contributed by atoms with Gasteiger partial charge < -0.3 is 10.4 Å². The molecule has 1 aromatic rings. The summed E-state index contributed by atoms with van der Waals surface area (Å²) in [5.41, 5.74) is 1.35. The average molecular weight is 250 g/mol. The minimum Gasteiger partial charge on any atom is -0.396 e. The minimum absolute atomic E-state index is 0.275. The predicted octanol–water partition coefficient (Wildman–Crippen LogP) is 1.87. The fraction of sp³-hybridized carbons (Fsp3) is 0.600. The third kappa shape index (κ3) is 4.77. The molecule has 3 heteroatoms. The number of hydrogen-bond acceptors (Lipinski definition) is 3. The van der Waals surface area contributed by atoms with E-state index in [1.54, 1.807) is 0 Å². The van der Waals surface area contributed by atoms with Crippen LogP contribution in [0.4, 0.5) is 0 Å². The number of rotatable bonds is 4. The Kier molecular flexibility index (Phi) is 7.65. The summed E-state index contributed by atoms with van der Waals surface area (Å²) in [5.74, 6) is 0. The fourth-order valence-corrected chi connectivity index (χ4v) is 2.26. The van der Waals surface area contributed by atoms with E-state index < -0.39 is 0 Å². The van der Waals surface area contributed by atoms with Crippen molar-refractivity contribution in [2.75, 3.05) is 26.2 Å². The summed E-state index contributed by atoms with van der Waals surface area (Å²) in [6, 6.07) is 11.0. The SMILES string of the molecule is CC.OCCC1CNCCN1Cc1ccccc1. The lowest BCUT2D eigenvalue weighted by molar-refractivity contribution is 0.123. The molecule has 1 heterocycles. The Balaban J connectivity index is 0.000000771. The maximum Gasteiger partial charge on any atom is 0.0446 e. The van der Waals surface area contributed by atoms with Crippen LogP contribution in [0.1, 0.15) is 25.8 Å². The number of aliphatic hydroxyl groups is 1. The van der Waals surface area contributed by atoms with Crippen molar-refractivity contribution in [1.82, 2.24) is 10.2 Å². The molecule has 2 N–H and O–H groups in total. The third-order valence-electron chi connectivity index (χ3n) is 3.16. The van der Waals surface area contributed by atoms with Gasteiger partial charge in [0.2, 0.25) is 0 Å². The molecular weight excluding hydrogens is 224 g/mol. The Morgan fingerprint density at radius 2 is 2.00 bits per heavy atom. The van der Waals surface area contributed by atoms with Gasteiger partial charge in [0.05, 0.1) is 0 Å².